The first kappa shape index (κ1) is 16.6. The lowest BCUT2D eigenvalue weighted by atomic mass is 9.99. The molecule has 0 spiro atoms. The van der Waals surface area contributed by atoms with E-state index < -0.39 is 0 Å². The van der Waals surface area contributed by atoms with Crippen LogP contribution in [0.5, 0.6) is 0 Å². The molecule has 1 N–H and O–H groups in total. The maximum atomic E-state index is 12.7. The average Bonchev–Trinajstić information content (AvgIpc) is 2.62. The van der Waals surface area contributed by atoms with Crippen LogP contribution in [0.4, 0.5) is 0 Å². The third kappa shape index (κ3) is 3.46. The zero-order valence-electron chi connectivity index (χ0n) is 14.0. The summed E-state index contributed by atoms with van der Waals surface area (Å²) < 4.78 is 0. The van der Waals surface area contributed by atoms with Gasteiger partial charge in [0.15, 0.2) is 0 Å². The van der Waals surface area contributed by atoms with Crippen LogP contribution < -0.4 is 5.32 Å². The number of thioether (sulfide) groups is 1. The van der Waals surface area contributed by atoms with Gasteiger partial charge < -0.3 is 5.32 Å². The Morgan fingerprint density at radius 1 is 1.00 bits per heavy atom. The van der Waals surface area contributed by atoms with E-state index >= 15 is 0 Å². The van der Waals surface area contributed by atoms with Crippen molar-refractivity contribution in [2.75, 3.05) is 5.75 Å². The molecule has 0 aliphatic heterocycles. The van der Waals surface area contributed by atoms with Gasteiger partial charge in [-0.15, -0.1) is 11.8 Å². The van der Waals surface area contributed by atoms with Gasteiger partial charge in [-0.05, 0) is 41.1 Å². The molecule has 0 aliphatic carbocycles. The van der Waals surface area contributed by atoms with Crippen molar-refractivity contribution >= 4 is 28.4 Å². The van der Waals surface area contributed by atoms with Crippen LogP contribution in [0.25, 0.3) is 10.8 Å². The molecule has 0 heterocycles. The summed E-state index contributed by atoms with van der Waals surface area (Å²) in [5.74, 6) is 0.926. The van der Waals surface area contributed by atoms with E-state index in [-0.39, 0.29) is 11.9 Å². The SMILES string of the molecule is CCSc1ccccc1C(=O)NC(C)c1cccc2ccccc12. The van der Waals surface area contributed by atoms with Crippen molar-refractivity contribution < 1.29 is 4.79 Å². The van der Waals surface area contributed by atoms with E-state index in [1.165, 1.54) is 10.8 Å². The van der Waals surface area contributed by atoms with Gasteiger partial charge in [-0.1, -0.05) is 61.5 Å². The summed E-state index contributed by atoms with van der Waals surface area (Å²) in [7, 11) is 0. The van der Waals surface area contributed by atoms with E-state index in [0.717, 1.165) is 21.8 Å². The normalized spacial score (nSPS) is 12.1. The van der Waals surface area contributed by atoms with Crippen molar-refractivity contribution in [3.8, 4) is 0 Å². The lowest BCUT2D eigenvalue weighted by molar-refractivity contribution is 0.0937. The van der Waals surface area contributed by atoms with Crippen molar-refractivity contribution in [3.05, 3.63) is 77.9 Å². The molecule has 1 amide bonds. The average molecular weight is 335 g/mol. The van der Waals surface area contributed by atoms with Crippen molar-refractivity contribution in [2.24, 2.45) is 0 Å². The maximum absolute atomic E-state index is 12.7. The van der Waals surface area contributed by atoms with E-state index in [2.05, 4.69) is 36.5 Å². The van der Waals surface area contributed by atoms with Crippen LogP contribution in [0, 0.1) is 0 Å². The summed E-state index contributed by atoms with van der Waals surface area (Å²) in [5, 5.41) is 5.53. The molecule has 3 heteroatoms. The number of nitrogens with one attached hydrogen (secondary N) is 1. The highest BCUT2D eigenvalue weighted by Gasteiger charge is 2.16. The summed E-state index contributed by atoms with van der Waals surface area (Å²) in [6.45, 7) is 4.13. The van der Waals surface area contributed by atoms with Gasteiger partial charge in [0.2, 0.25) is 0 Å². The molecule has 0 radical (unpaired) electrons. The fourth-order valence-corrected chi connectivity index (χ4v) is 3.72. The first-order chi connectivity index (χ1) is 11.7. The Morgan fingerprint density at radius 3 is 2.54 bits per heavy atom. The molecule has 3 aromatic carbocycles. The Hall–Kier alpha value is -2.26. The molecule has 3 rings (SSSR count). The highest BCUT2D eigenvalue weighted by Crippen LogP contribution is 2.26. The second-order valence-corrected chi connectivity index (χ2v) is 7.00. The van der Waals surface area contributed by atoms with Gasteiger partial charge >= 0.3 is 0 Å². The van der Waals surface area contributed by atoms with E-state index in [1.807, 2.05) is 49.4 Å². The molecule has 3 aromatic rings. The molecule has 0 fully saturated rings. The van der Waals surface area contributed by atoms with Crippen LogP contribution in [-0.4, -0.2) is 11.7 Å². The smallest absolute Gasteiger partial charge is 0.252 e. The number of fused-ring (bicyclic) bond motifs is 1. The van der Waals surface area contributed by atoms with Crippen molar-refractivity contribution in [1.29, 1.82) is 0 Å². The molecule has 0 saturated heterocycles. The Morgan fingerprint density at radius 2 is 1.71 bits per heavy atom. The van der Waals surface area contributed by atoms with Crippen molar-refractivity contribution in [2.45, 2.75) is 24.8 Å². The topological polar surface area (TPSA) is 29.1 Å². The second kappa shape index (κ2) is 7.54. The number of carbonyl (C=O) groups excluding carboxylic acids is 1. The number of hydrogen-bond donors (Lipinski definition) is 1. The number of amides is 1. The molecule has 2 nitrogen and oxygen atoms in total. The van der Waals surface area contributed by atoms with Crippen molar-refractivity contribution in [3.63, 3.8) is 0 Å². The van der Waals surface area contributed by atoms with Crippen LogP contribution in [-0.2, 0) is 0 Å². The highest BCUT2D eigenvalue weighted by molar-refractivity contribution is 7.99. The lowest BCUT2D eigenvalue weighted by Gasteiger charge is -2.17. The molecule has 0 saturated carbocycles. The molecule has 1 atom stereocenters. The molecule has 0 bridgehead atoms. The second-order valence-electron chi connectivity index (χ2n) is 5.69. The van der Waals surface area contributed by atoms with Gasteiger partial charge in [0.1, 0.15) is 0 Å². The molecule has 0 aliphatic rings. The fourth-order valence-electron chi connectivity index (χ4n) is 2.92. The van der Waals surface area contributed by atoms with Gasteiger partial charge in [-0.3, -0.25) is 4.79 Å². The van der Waals surface area contributed by atoms with Crippen LogP contribution in [0.1, 0.15) is 35.8 Å². The first-order valence-electron chi connectivity index (χ1n) is 8.21. The summed E-state index contributed by atoms with van der Waals surface area (Å²) in [5.41, 5.74) is 1.89. The number of benzene rings is 3. The van der Waals surface area contributed by atoms with E-state index in [4.69, 9.17) is 0 Å². The predicted molar refractivity (Wildman–Crippen MR) is 103 cm³/mol. The minimum absolute atomic E-state index is 0.0213. The Labute approximate surface area is 147 Å². The monoisotopic (exact) mass is 335 g/mol. The zero-order chi connectivity index (χ0) is 16.9. The molecule has 1 unspecified atom stereocenters. The van der Waals surface area contributed by atoms with E-state index in [0.29, 0.717) is 0 Å². The zero-order valence-corrected chi connectivity index (χ0v) is 14.8. The Kier molecular flexibility index (Phi) is 5.21. The minimum Gasteiger partial charge on any atom is -0.345 e. The Balaban J connectivity index is 1.86. The molecule has 24 heavy (non-hydrogen) atoms. The molecular formula is C21H21NOS. The fraction of sp³-hybridized carbons (Fsp3) is 0.190. The molecule has 0 aromatic heterocycles. The summed E-state index contributed by atoms with van der Waals surface area (Å²) in [4.78, 5) is 13.8. The van der Waals surface area contributed by atoms with Gasteiger partial charge in [-0.2, -0.15) is 0 Å². The highest BCUT2D eigenvalue weighted by atomic mass is 32.2. The number of carbonyl (C=O) groups is 1. The lowest BCUT2D eigenvalue weighted by Crippen LogP contribution is -2.27. The van der Waals surface area contributed by atoms with E-state index in [1.54, 1.807) is 11.8 Å². The minimum atomic E-state index is -0.0525. The predicted octanol–water partition coefficient (Wildman–Crippen LogP) is 5.44. The number of hydrogen-bond acceptors (Lipinski definition) is 2. The maximum Gasteiger partial charge on any atom is 0.252 e. The third-order valence-corrected chi connectivity index (χ3v) is 5.02. The quantitative estimate of drug-likeness (QED) is 0.629. The summed E-state index contributed by atoms with van der Waals surface area (Å²) >= 11 is 1.69. The van der Waals surface area contributed by atoms with E-state index in [9.17, 15) is 4.79 Å². The van der Waals surface area contributed by atoms with Crippen LogP contribution in [0.3, 0.4) is 0 Å². The summed E-state index contributed by atoms with van der Waals surface area (Å²) in [6.07, 6.45) is 0. The third-order valence-electron chi connectivity index (χ3n) is 4.07. The van der Waals surface area contributed by atoms with Gasteiger partial charge in [0.25, 0.3) is 5.91 Å². The first-order valence-corrected chi connectivity index (χ1v) is 9.19. The molecular weight excluding hydrogens is 314 g/mol. The van der Waals surface area contributed by atoms with Crippen LogP contribution in [0.2, 0.25) is 0 Å². The van der Waals surface area contributed by atoms with Crippen LogP contribution >= 0.6 is 11.8 Å². The molecule has 122 valence electrons. The van der Waals surface area contributed by atoms with Gasteiger partial charge in [0, 0.05) is 4.90 Å². The van der Waals surface area contributed by atoms with Gasteiger partial charge in [0.05, 0.1) is 11.6 Å². The standard InChI is InChI=1S/C21H21NOS/c1-3-24-20-14-7-6-12-19(20)21(23)22-15(2)17-13-8-10-16-9-4-5-11-18(16)17/h4-15H,3H2,1-2H3,(H,22,23). The van der Waals surface area contributed by atoms with Gasteiger partial charge in [-0.25, -0.2) is 0 Å². The Bertz CT molecular complexity index is 854. The van der Waals surface area contributed by atoms with Crippen LogP contribution in [0.15, 0.2) is 71.6 Å². The largest absolute Gasteiger partial charge is 0.345 e. The summed E-state index contributed by atoms with van der Waals surface area (Å²) in [6, 6.07) is 22.2. The number of rotatable bonds is 5. The van der Waals surface area contributed by atoms with Crippen molar-refractivity contribution in [1.82, 2.24) is 5.32 Å².